The zero-order chi connectivity index (χ0) is 13.8. The van der Waals surface area contributed by atoms with Crippen LogP contribution in [0.25, 0.3) is 0 Å². The number of nitrogens with zero attached hydrogens (tertiary/aromatic N) is 1. The van der Waals surface area contributed by atoms with Gasteiger partial charge in [-0.3, -0.25) is 4.79 Å². The first-order chi connectivity index (χ1) is 8.32. The molecule has 0 spiro atoms. The molecule has 0 saturated heterocycles. The highest BCUT2D eigenvalue weighted by Gasteiger charge is 2.31. The smallest absolute Gasteiger partial charge is 0.369 e. The lowest BCUT2D eigenvalue weighted by molar-refractivity contribution is -0.137. The number of hydrogen-bond donors (Lipinski definition) is 2. The number of aromatic nitrogens is 1. The van der Waals surface area contributed by atoms with Gasteiger partial charge in [0.15, 0.2) is 0 Å². The Balaban J connectivity index is 2.72. The largest absolute Gasteiger partial charge is 0.416 e. The van der Waals surface area contributed by atoms with Crippen molar-refractivity contribution in [1.29, 1.82) is 0 Å². The number of alkyl halides is 3. The summed E-state index contributed by atoms with van der Waals surface area (Å²) in [7, 11) is 1.47. The first-order valence-corrected chi connectivity index (χ1v) is 5.40. The fourth-order valence-corrected chi connectivity index (χ4v) is 1.39. The zero-order valence-electron chi connectivity index (χ0n) is 9.44. The van der Waals surface area contributed by atoms with E-state index in [9.17, 15) is 18.0 Å². The standard InChI is InChI=1S/C10H11ClF3N3O/c1-15-9(18)2-3-16-8-5-6(10(12,13)14)4-7(11)17-8/h4-5H,2-3H2,1H3,(H,15,18)(H,16,17). The maximum atomic E-state index is 12.5. The van der Waals surface area contributed by atoms with Crippen LogP contribution in [0.1, 0.15) is 12.0 Å². The van der Waals surface area contributed by atoms with Gasteiger partial charge in [0.1, 0.15) is 11.0 Å². The molecule has 0 saturated carbocycles. The molecule has 100 valence electrons. The van der Waals surface area contributed by atoms with Gasteiger partial charge < -0.3 is 10.6 Å². The molecule has 1 aromatic rings. The second kappa shape index (κ2) is 5.90. The van der Waals surface area contributed by atoms with Crippen LogP contribution in [0.15, 0.2) is 12.1 Å². The van der Waals surface area contributed by atoms with Crippen LogP contribution in [0.2, 0.25) is 5.15 Å². The van der Waals surface area contributed by atoms with Gasteiger partial charge in [-0.25, -0.2) is 4.98 Å². The molecule has 0 radical (unpaired) electrons. The first-order valence-electron chi connectivity index (χ1n) is 5.02. The van der Waals surface area contributed by atoms with Crippen molar-refractivity contribution in [3.8, 4) is 0 Å². The number of hydrogen-bond acceptors (Lipinski definition) is 3. The van der Waals surface area contributed by atoms with Gasteiger partial charge in [-0.1, -0.05) is 11.6 Å². The van der Waals surface area contributed by atoms with E-state index in [-0.39, 0.29) is 29.8 Å². The molecule has 1 rings (SSSR count). The summed E-state index contributed by atoms with van der Waals surface area (Å²) in [5, 5.41) is 4.74. The van der Waals surface area contributed by atoms with Gasteiger partial charge >= 0.3 is 6.18 Å². The normalized spacial score (nSPS) is 11.2. The molecule has 1 aromatic heterocycles. The van der Waals surface area contributed by atoms with Crippen LogP contribution in [0.4, 0.5) is 19.0 Å². The molecular weight excluding hydrogens is 271 g/mol. The Bertz CT molecular complexity index is 437. The van der Waals surface area contributed by atoms with Crippen LogP contribution in [0, 0.1) is 0 Å². The van der Waals surface area contributed by atoms with E-state index >= 15 is 0 Å². The molecule has 0 aromatic carbocycles. The monoisotopic (exact) mass is 281 g/mol. The van der Waals surface area contributed by atoms with Gasteiger partial charge in [0.25, 0.3) is 0 Å². The van der Waals surface area contributed by atoms with Crippen LogP contribution in [-0.2, 0) is 11.0 Å². The third-order valence-corrected chi connectivity index (χ3v) is 2.25. The van der Waals surface area contributed by atoms with Crippen molar-refractivity contribution in [2.24, 2.45) is 0 Å². The van der Waals surface area contributed by atoms with Crippen molar-refractivity contribution in [3.05, 3.63) is 22.8 Å². The summed E-state index contributed by atoms with van der Waals surface area (Å²) < 4.78 is 37.4. The maximum Gasteiger partial charge on any atom is 0.416 e. The van der Waals surface area contributed by atoms with Crippen molar-refractivity contribution in [1.82, 2.24) is 10.3 Å². The Labute approximate surface area is 107 Å². The lowest BCUT2D eigenvalue weighted by Crippen LogP contribution is -2.21. The van der Waals surface area contributed by atoms with E-state index in [1.54, 1.807) is 0 Å². The second-order valence-electron chi connectivity index (χ2n) is 3.41. The van der Waals surface area contributed by atoms with E-state index in [1.165, 1.54) is 7.05 Å². The minimum Gasteiger partial charge on any atom is -0.369 e. The molecule has 0 aliphatic carbocycles. The highest BCUT2D eigenvalue weighted by molar-refractivity contribution is 6.29. The van der Waals surface area contributed by atoms with Crippen molar-refractivity contribution >= 4 is 23.3 Å². The van der Waals surface area contributed by atoms with Gasteiger partial charge in [0.05, 0.1) is 5.56 Å². The predicted molar refractivity (Wildman–Crippen MR) is 61.4 cm³/mol. The van der Waals surface area contributed by atoms with E-state index in [1.807, 2.05) is 0 Å². The molecular formula is C10H11ClF3N3O. The second-order valence-corrected chi connectivity index (χ2v) is 3.80. The number of nitrogens with one attached hydrogen (secondary N) is 2. The number of pyridine rings is 1. The minimum absolute atomic E-state index is 0.0151. The van der Waals surface area contributed by atoms with Crippen molar-refractivity contribution in [3.63, 3.8) is 0 Å². The SMILES string of the molecule is CNC(=O)CCNc1cc(C(F)(F)F)cc(Cl)n1. The van der Waals surface area contributed by atoms with Crippen LogP contribution in [0.5, 0.6) is 0 Å². The quantitative estimate of drug-likeness (QED) is 0.833. The Morgan fingerprint density at radius 2 is 2.11 bits per heavy atom. The molecule has 1 heterocycles. The van der Waals surface area contributed by atoms with Crippen LogP contribution in [-0.4, -0.2) is 24.5 Å². The summed E-state index contributed by atoms with van der Waals surface area (Å²) in [6.07, 6.45) is -4.35. The average Bonchev–Trinajstić information content (AvgIpc) is 2.27. The Kier molecular flexibility index (Phi) is 4.77. The van der Waals surface area contributed by atoms with Crippen LogP contribution >= 0.6 is 11.6 Å². The number of rotatable bonds is 4. The van der Waals surface area contributed by atoms with E-state index in [4.69, 9.17) is 11.6 Å². The van der Waals surface area contributed by atoms with Crippen molar-refractivity contribution < 1.29 is 18.0 Å². The van der Waals surface area contributed by atoms with Crippen LogP contribution in [0.3, 0.4) is 0 Å². The molecule has 8 heteroatoms. The topological polar surface area (TPSA) is 54.0 Å². The fraction of sp³-hybridized carbons (Fsp3) is 0.400. The predicted octanol–water partition coefficient (Wildman–Crippen LogP) is 2.30. The third kappa shape index (κ3) is 4.40. The molecule has 0 fully saturated rings. The number of carbonyl (C=O) groups excluding carboxylic acids is 1. The van der Waals surface area contributed by atoms with Crippen molar-refractivity contribution in [2.45, 2.75) is 12.6 Å². The number of carbonyl (C=O) groups is 1. The molecule has 0 unspecified atom stereocenters. The Morgan fingerprint density at radius 3 is 2.67 bits per heavy atom. The zero-order valence-corrected chi connectivity index (χ0v) is 10.2. The fourth-order valence-electron chi connectivity index (χ4n) is 1.18. The lowest BCUT2D eigenvalue weighted by atomic mass is 10.2. The minimum atomic E-state index is -4.48. The lowest BCUT2D eigenvalue weighted by Gasteiger charge is -2.10. The Morgan fingerprint density at radius 1 is 1.44 bits per heavy atom. The summed E-state index contributed by atoms with van der Waals surface area (Å²) in [5.74, 6) is -0.237. The van der Waals surface area contributed by atoms with Crippen molar-refractivity contribution in [2.75, 3.05) is 18.9 Å². The van der Waals surface area contributed by atoms with Gasteiger partial charge in [0, 0.05) is 20.0 Å². The number of anilines is 1. The van der Waals surface area contributed by atoms with E-state index in [0.29, 0.717) is 0 Å². The third-order valence-electron chi connectivity index (χ3n) is 2.06. The summed E-state index contributed by atoms with van der Waals surface area (Å²) in [4.78, 5) is 14.6. The van der Waals surface area contributed by atoms with E-state index < -0.39 is 11.7 Å². The van der Waals surface area contributed by atoms with E-state index in [0.717, 1.165) is 12.1 Å². The number of halogens is 4. The molecule has 2 N–H and O–H groups in total. The van der Waals surface area contributed by atoms with Gasteiger partial charge in [-0.2, -0.15) is 13.2 Å². The summed E-state index contributed by atoms with van der Waals surface area (Å²) in [6.45, 7) is 0.171. The van der Waals surface area contributed by atoms with Gasteiger partial charge in [-0.15, -0.1) is 0 Å². The maximum absolute atomic E-state index is 12.5. The molecule has 0 aliphatic rings. The summed E-state index contributed by atoms with van der Waals surface area (Å²) in [5.41, 5.74) is -0.884. The first kappa shape index (κ1) is 14.6. The molecule has 18 heavy (non-hydrogen) atoms. The molecule has 1 amide bonds. The van der Waals surface area contributed by atoms with Gasteiger partial charge in [0.2, 0.25) is 5.91 Å². The van der Waals surface area contributed by atoms with Crippen LogP contribution < -0.4 is 10.6 Å². The average molecular weight is 282 g/mol. The summed E-state index contributed by atoms with van der Waals surface area (Å²) in [6, 6.07) is 1.58. The molecule has 0 bridgehead atoms. The van der Waals surface area contributed by atoms with Gasteiger partial charge in [-0.05, 0) is 12.1 Å². The summed E-state index contributed by atoms with van der Waals surface area (Å²) >= 11 is 5.49. The molecule has 0 atom stereocenters. The molecule has 0 aliphatic heterocycles. The van der Waals surface area contributed by atoms with E-state index in [2.05, 4.69) is 15.6 Å². The number of amides is 1. The molecule has 4 nitrogen and oxygen atoms in total. The highest BCUT2D eigenvalue weighted by atomic mass is 35.5. The Hall–Kier alpha value is -1.50. The highest BCUT2D eigenvalue weighted by Crippen LogP contribution is 2.31.